The zero-order chi connectivity index (χ0) is 13.7. The lowest BCUT2D eigenvalue weighted by Gasteiger charge is -2.25. The third-order valence-electron chi connectivity index (χ3n) is 4.21. The van der Waals surface area contributed by atoms with Crippen LogP contribution in [0.1, 0.15) is 50.1 Å². The lowest BCUT2D eigenvalue weighted by atomic mass is 9.87. The van der Waals surface area contributed by atoms with E-state index in [2.05, 4.69) is 0 Å². The van der Waals surface area contributed by atoms with Gasteiger partial charge in [0.05, 0.1) is 19.8 Å². The maximum Gasteiger partial charge on any atom is 0.127 e. The van der Waals surface area contributed by atoms with Crippen molar-refractivity contribution >= 4 is 0 Å². The quantitative estimate of drug-likeness (QED) is 0.843. The van der Waals surface area contributed by atoms with Crippen molar-refractivity contribution in [3.05, 3.63) is 23.8 Å². The Bertz CT molecular complexity index is 375. The van der Waals surface area contributed by atoms with Gasteiger partial charge in [0.2, 0.25) is 0 Å². The van der Waals surface area contributed by atoms with Gasteiger partial charge in [-0.2, -0.15) is 0 Å². The molecule has 1 aromatic carbocycles. The molecule has 3 nitrogen and oxygen atoms in total. The number of benzene rings is 1. The van der Waals surface area contributed by atoms with Crippen LogP contribution >= 0.6 is 0 Å². The van der Waals surface area contributed by atoms with Crippen LogP contribution in [0.15, 0.2) is 18.2 Å². The van der Waals surface area contributed by atoms with Crippen molar-refractivity contribution in [2.24, 2.45) is 11.7 Å². The molecule has 0 heterocycles. The van der Waals surface area contributed by atoms with Gasteiger partial charge in [-0.1, -0.05) is 31.7 Å². The highest BCUT2D eigenvalue weighted by atomic mass is 16.5. The molecule has 0 saturated heterocycles. The van der Waals surface area contributed by atoms with Gasteiger partial charge >= 0.3 is 0 Å². The fourth-order valence-corrected chi connectivity index (χ4v) is 3.11. The number of methoxy groups -OCH3 is 2. The SMILES string of the molecule is COc1cccc(OC)c1C(N)C1CCCCCC1. The third kappa shape index (κ3) is 3.21. The Morgan fingerprint density at radius 1 is 1.00 bits per heavy atom. The Morgan fingerprint density at radius 3 is 2.00 bits per heavy atom. The van der Waals surface area contributed by atoms with Crippen molar-refractivity contribution in [3.63, 3.8) is 0 Å². The van der Waals surface area contributed by atoms with Crippen molar-refractivity contribution in [2.45, 2.75) is 44.6 Å². The van der Waals surface area contributed by atoms with Crippen molar-refractivity contribution < 1.29 is 9.47 Å². The Labute approximate surface area is 116 Å². The van der Waals surface area contributed by atoms with Crippen LogP contribution in [0.2, 0.25) is 0 Å². The van der Waals surface area contributed by atoms with Crippen LogP contribution < -0.4 is 15.2 Å². The molecule has 0 aromatic heterocycles. The summed E-state index contributed by atoms with van der Waals surface area (Å²) in [6, 6.07) is 5.88. The van der Waals surface area contributed by atoms with E-state index in [0.29, 0.717) is 5.92 Å². The van der Waals surface area contributed by atoms with Gasteiger partial charge in [0.1, 0.15) is 11.5 Å². The summed E-state index contributed by atoms with van der Waals surface area (Å²) in [6.45, 7) is 0. The van der Waals surface area contributed by atoms with E-state index in [9.17, 15) is 0 Å². The van der Waals surface area contributed by atoms with Gasteiger partial charge in [-0.3, -0.25) is 0 Å². The molecule has 19 heavy (non-hydrogen) atoms. The molecule has 0 amide bonds. The smallest absolute Gasteiger partial charge is 0.127 e. The topological polar surface area (TPSA) is 44.5 Å². The van der Waals surface area contributed by atoms with Crippen LogP contribution in [0.25, 0.3) is 0 Å². The van der Waals surface area contributed by atoms with E-state index in [1.807, 2.05) is 18.2 Å². The van der Waals surface area contributed by atoms with Crippen molar-refractivity contribution in [3.8, 4) is 11.5 Å². The van der Waals surface area contributed by atoms with Gasteiger partial charge < -0.3 is 15.2 Å². The van der Waals surface area contributed by atoms with Crippen molar-refractivity contribution in [1.29, 1.82) is 0 Å². The first kappa shape index (κ1) is 14.2. The largest absolute Gasteiger partial charge is 0.496 e. The molecular weight excluding hydrogens is 238 g/mol. The molecule has 1 atom stereocenters. The molecule has 1 aromatic rings. The summed E-state index contributed by atoms with van der Waals surface area (Å²) < 4.78 is 10.9. The molecule has 0 aliphatic heterocycles. The third-order valence-corrected chi connectivity index (χ3v) is 4.21. The summed E-state index contributed by atoms with van der Waals surface area (Å²) in [4.78, 5) is 0. The normalized spacial score (nSPS) is 18.7. The summed E-state index contributed by atoms with van der Waals surface area (Å²) in [5.74, 6) is 2.22. The molecule has 0 bridgehead atoms. The zero-order valence-electron chi connectivity index (χ0n) is 12.0. The minimum atomic E-state index is 0.00389. The molecule has 1 saturated carbocycles. The monoisotopic (exact) mass is 263 g/mol. The second-order valence-electron chi connectivity index (χ2n) is 5.35. The first-order valence-electron chi connectivity index (χ1n) is 7.24. The minimum absolute atomic E-state index is 0.00389. The van der Waals surface area contributed by atoms with E-state index in [4.69, 9.17) is 15.2 Å². The first-order valence-corrected chi connectivity index (χ1v) is 7.24. The molecule has 0 radical (unpaired) electrons. The van der Waals surface area contributed by atoms with Crippen LogP contribution in [-0.4, -0.2) is 14.2 Å². The molecule has 1 aliphatic rings. The van der Waals surface area contributed by atoms with Crippen LogP contribution in [0.3, 0.4) is 0 Å². The average Bonchev–Trinajstić information content (AvgIpc) is 2.74. The van der Waals surface area contributed by atoms with Crippen LogP contribution in [0.5, 0.6) is 11.5 Å². The van der Waals surface area contributed by atoms with Crippen LogP contribution in [-0.2, 0) is 0 Å². The molecule has 1 aliphatic carbocycles. The lowest BCUT2D eigenvalue weighted by molar-refractivity contribution is 0.338. The Morgan fingerprint density at radius 2 is 1.53 bits per heavy atom. The highest BCUT2D eigenvalue weighted by molar-refractivity contribution is 5.47. The number of nitrogens with two attached hydrogens (primary N) is 1. The summed E-state index contributed by atoms with van der Waals surface area (Å²) in [7, 11) is 3.39. The maximum atomic E-state index is 6.53. The first-order chi connectivity index (χ1) is 9.27. The highest BCUT2D eigenvalue weighted by Gasteiger charge is 2.26. The Kier molecular flexibility index (Phi) is 5.08. The molecule has 0 spiro atoms. The van der Waals surface area contributed by atoms with Crippen LogP contribution in [0, 0.1) is 5.92 Å². The molecular formula is C16H25NO2. The van der Waals surface area contributed by atoms with Gasteiger partial charge in [-0.15, -0.1) is 0 Å². The van der Waals surface area contributed by atoms with E-state index < -0.39 is 0 Å². The summed E-state index contributed by atoms with van der Waals surface area (Å²) in [5.41, 5.74) is 7.56. The predicted molar refractivity (Wildman–Crippen MR) is 77.7 cm³/mol. The van der Waals surface area contributed by atoms with Crippen molar-refractivity contribution in [1.82, 2.24) is 0 Å². The molecule has 1 fully saturated rings. The fourth-order valence-electron chi connectivity index (χ4n) is 3.11. The van der Waals surface area contributed by atoms with Gasteiger partial charge in [0.15, 0.2) is 0 Å². The molecule has 106 valence electrons. The second-order valence-corrected chi connectivity index (χ2v) is 5.35. The Balaban J connectivity index is 2.27. The van der Waals surface area contributed by atoms with E-state index in [-0.39, 0.29) is 6.04 Å². The average molecular weight is 263 g/mol. The Hall–Kier alpha value is -1.22. The highest BCUT2D eigenvalue weighted by Crippen LogP contribution is 2.40. The number of hydrogen-bond acceptors (Lipinski definition) is 3. The minimum Gasteiger partial charge on any atom is -0.496 e. The standard InChI is InChI=1S/C16H25NO2/c1-18-13-10-7-11-14(19-2)15(13)16(17)12-8-5-3-4-6-9-12/h7,10-12,16H,3-6,8-9,17H2,1-2H3. The molecule has 2 rings (SSSR count). The van der Waals surface area contributed by atoms with Crippen molar-refractivity contribution in [2.75, 3.05) is 14.2 Å². The van der Waals surface area contributed by atoms with Gasteiger partial charge in [0, 0.05) is 6.04 Å². The van der Waals surface area contributed by atoms with Gasteiger partial charge in [-0.25, -0.2) is 0 Å². The zero-order valence-corrected chi connectivity index (χ0v) is 12.0. The second kappa shape index (κ2) is 6.80. The maximum absolute atomic E-state index is 6.53. The molecule has 2 N–H and O–H groups in total. The number of ether oxygens (including phenoxy) is 2. The molecule has 1 unspecified atom stereocenters. The fraction of sp³-hybridized carbons (Fsp3) is 0.625. The van der Waals surface area contributed by atoms with E-state index >= 15 is 0 Å². The van der Waals surface area contributed by atoms with Gasteiger partial charge in [0.25, 0.3) is 0 Å². The number of hydrogen-bond donors (Lipinski definition) is 1. The summed E-state index contributed by atoms with van der Waals surface area (Å²) in [5, 5.41) is 0. The van der Waals surface area contributed by atoms with E-state index in [1.54, 1.807) is 14.2 Å². The lowest BCUT2D eigenvalue weighted by Crippen LogP contribution is -2.22. The van der Waals surface area contributed by atoms with E-state index in [0.717, 1.165) is 17.1 Å². The predicted octanol–water partition coefficient (Wildman–Crippen LogP) is 3.67. The van der Waals surface area contributed by atoms with E-state index in [1.165, 1.54) is 38.5 Å². The summed E-state index contributed by atoms with van der Waals surface area (Å²) >= 11 is 0. The van der Waals surface area contributed by atoms with Gasteiger partial charge in [-0.05, 0) is 30.9 Å². The summed E-state index contributed by atoms with van der Waals surface area (Å²) in [6.07, 6.45) is 7.68. The van der Waals surface area contributed by atoms with Crippen LogP contribution in [0.4, 0.5) is 0 Å². The number of rotatable bonds is 4. The molecule has 3 heteroatoms.